The van der Waals surface area contributed by atoms with E-state index in [1.807, 2.05) is 19.2 Å². The number of carboxylic acids is 1. The van der Waals surface area contributed by atoms with Gasteiger partial charge in [-0.1, -0.05) is 57.7 Å². The van der Waals surface area contributed by atoms with Crippen LogP contribution in [0.1, 0.15) is 88.9 Å². The fourth-order valence-corrected chi connectivity index (χ4v) is 9.60. The van der Waals surface area contributed by atoms with Gasteiger partial charge in [-0.2, -0.15) is 0 Å². The zero-order valence-electron chi connectivity index (χ0n) is 42.7. The number of hydrogen-bond donors (Lipinski definition) is 7. The first kappa shape index (κ1) is 58.6. The van der Waals surface area contributed by atoms with E-state index in [0.717, 1.165) is 88.8 Å². The Morgan fingerprint density at radius 1 is 0.824 bits per heavy atom. The van der Waals surface area contributed by atoms with Crippen molar-refractivity contribution in [2.24, 2.45) is 5.92 Å². The number of aryl methyl sites for hydroxylation is 1. The zero-order valence-corrected chi connectivity index (χ0v) is 42.7. The Bertz CT molecular complexity index is 2210. The maximum Gasteiger partial charge on any atom is 0.338 e. The summed E-state index contributed by atoms with van der Waals surface area (Å²) in [4.78, 5) is 54.9. The lowest BCUT2D eigenvalue weighted by molar-refractivity contribution is -0.384. The minimum atomic E-state index is -1.68. The van der Waals surface area contributed by atoms with E-state index < -0.39 is 105 Å². The van der Waals surface area contributed by atoms with Crippen molar-refractivity contribution in [3.05, 3.63) is 76.5 Å². The van der Waals surface area contributed by atoms with Gasteiger partial charge in [-0.25, -0.2) is 9.59 Å². The van der Waals surface area contributed by atoms with Gasteiger partial charge in [-0.3, -0.25) is 14.9 Å². The van der Waals surface area contributed by atoms with E-state index in [9.17, 15) is 55.1 Å². The maximum atomic E-state index is 13.6. The lowest BCUT2D eigenvalue weighted by atomic mass is 9.96. The molecule has 7 N–H and O–H groups in total. The van der Waals surface area contributed by atoms with Gasteiger partial charge in [0.15, 0.2) is 24.8 Å². The number of aromatic nitrogens is 1. The molecule has 13 atom stereocenters. The smallest absolute Gasteiger partial charge is 0.338 e. The molecule has 0 bridgehead atoms. The number of non-ortho nitro benzene ring substituents is 1. The van der Waals surface area contributed by atoms with Gasteiger partial charge in [0.25, 0.3) is 5.69 Å². The Morgan fingerprint density at radius 3 is 2.22 bits per heavy atom. The molecule has 6 rings (SSSR count). The number of fused-ring (bicyclic) bond motifs is 1. The topological polar surface area (TPSA) is 295 Å². The van der Waals surface area contributed by atoms with Crippen molar-refractivity contribution in [1.82, 2.24) is 19.7 Å². The SMILES string of the molecule is CCCCCC[C@H](OC1C(OC(=O)c2ccccc2)[C@H](OCC(O[C@@H]2OC(C)[C@@H](O)C(O)C2O)C(C)CCC(=O)NCCCN2CCN(CCCn3ccc4cc([N+](=O)[O-])ccc43)CC2)OC(CO)[C@@H]1O)C(=O)O. The molecule has 3 aromatic rings. The largest absolute Gasteiger partial charge is 0.479 e. The summed E-state index contributed by atoms with van der Waals surface area (Å²) in [6, 6.07) is 14.8. The zero-order chi connectivity index (χ0) is 53.3. The molecule has 2 aromatic carbocycles. The predicted octanol–water partition coefficient (Wildman–Crippen LogP) is 2.82. The van der Waals surface area contributed by atoms with Crippen molar-refractivity contribution in [3.8, 4) is 0 Å². The summed E-state index contributed by atoms with van der Waals surface area (Å²) >= 11 is 0. The summed E-state index contributed by atoms with van der Waals surface area (Å²) < 4.78 is 38.4. The van der Waals surface area contributed by atoms with Crippen LogP contribution in [0.25, 0.3) is 10.9 Å². The van der Waals surface area contributed by atoms with E-state index in [-0.39, 0.29) is 41.3 Å². The highest BCUT2D eigenvalue weighted by molar-refractivity contribution is 5.89. The van der Waals surface area contributed by atoms with Crippen LogP contribution < -0.4 is 5.32 Å². The Balaban J connectivity index is 1.03. The summed E-state index contributed by atoms with van der Waals surface area (Å²) in [5, 5.41) is 79.0. The lowest BCUT2D eigenvalue weighted by Gasteiger charge is -2.44. The van der Waals surface area contributed by atoms with E-state index in [0.29, 0.717) is 13.0 Å². The predicted molar refractivity (Wildman–Crippen MR) is 268 cm³/mol. The van der Waals surface area contributed by atoms with Gasteiger partial charge < -0.3 is 78.7 Å². The molecule has 3 aliphatic heterocycles. The summed E-state index contributed by atoms with van der Waals surface area (Å²) in [5.74, 6) is -2.88. The number of piperazine rings is 1. The van der Waals surface area contributed by atoms with Gasteiger partial charge in [0.05, 0.1) is 35.9 Å². The number of carbonyl (C=O) groups is 3. The second-order valence-electron chi connectivity index (χ2n) is 19.7. The number of nitrogens with one attached hydrogen (secondary N) is 1. The van der Waals surface area contributed by atoms with Gasteiger partial charge in [0.1, 0.15) is 36.6 Å². The third-order valence-corrected chi connectivity index (χ3v) is 14.2. The van der Waals surface area contributed by atoms with E-state index in [4.69, 9.17) is 28.4 Å². The van der Waals surface area contributed by atoms with Gasteiger partial charge in [0, 0.05) is 74.9 Å². The van der Waals surface area contributed by atoms with Gasteiger partial charge in [-0.15, -0.1) is 0 Å². The average Bonchev–Trinajstić information content (AvgIpc) is 3.81. The van der Waals surface area contributed by atoms with Crippen LogP contribution in [0.4, 0.5) is 5.69 Å². The van der Waals surface area contributed by atoms with E-state index in [1.165, 1.54) is 25.1 Å². The first-order valence-corrected chi connectivity index (χ1v) is 26.1. The van der Waals surface area contributed by atoms with Crippen molar-refractivity contribution in [1.29, 1.82) is 0 Å². The van der Waals surface area contributed by atoms with Crippen molar-refractivity contribution in [3.63, 3.8) is 0 Å². The normalized spacial score (nSPS) is 27.1. The number of rotatable bonds is 29. The molecular formula is C52H77N5O17. The van der Waals surface area contributed by atoms with Crippen LogP contribution in [0.3, 0.4) is 0 Å². The van der Waals surface area contributed by atoms with Crippen molar-refractivity contribution < 1.29 is 78.4 Å². The summed E-state index contributed by atoms with van der Waals surface area (Å²) in [6.07, 6.45) is -10.2. The summed E-state index contributed by atoms with van der Waals surface area (Å²) in [6.45, 7) is 10.8. The number of nitrogens with zero attached hydrogens (tertiary/aromatic N) is 4. The molecule has 0 spiro atoms. The Labute approximate surface area is 431 Å². The second-order valence-corrected chi connectivity index (χ2v) is 19.7. The average molecular weight is 1040 g/mol. The highest BCUT2D eigenvalue weighted by Crippen LogP contribution is 2.32. The molecule has 3 fully saturated rings. The maximum absolute atomic E-state index is 13.6. The van der Waals surface area contributed by atoms with Crippen molar-refractivity contribution in [2.45, 2.75) is 159 Å². The molecule has 1 aromatic heterocycles. The molecular weight excluding hydrogens is 967 g/mol. The summed E-state index contributed by atoms with van der Waals surface area (Å²) in [7, 11) is 0. The van der Waals surface area contributed by atoms with Gasteiger partial charge in [-0.05, 0) is 75.9 Å². The number of amides is 1. The minimum absolute atomic E-state index is 0.0744. The number of unbranched alkanes of at least 4 members (excludes halogenated alkanes) is 3. The monoisotopic (exact) mass is 1040 g/mol. The molecule has 22 heteroatoms. The number of carbonyl (C=O) groups excluding carboxylic acids is 2. The van der Waals surface area contributed by atoms with Crippen LogP contribution >= 0.6 is 0 Å². The van der Waals surface area contributed by atoms with E-state index in [1.54, 1.807) is 37.3 Å². The molecule has 8 unspecified atom stereocenters. The Morgan fingerprint density at radius 2 is 1.54 bits per heavy atom. The number of aliphatic hydroxyl groups excluding tert-OH is 5. The Hall–Kier alpha value is -4.69. The molecule has 0 saturated carbocycles. The van der Waals surface area contributed by atoms with Crippen molar-refractivity contribution >= 4 is 34.4 Å². The molecule has 412 valence electrons. The third kappa shape index (κ3) is 16.4. The summed E-state index contributed by atoms with van der Waals surface area (Å²) in [5.41, 5.74) is 1.19. The molecule has 0 radical (unpaired) electrons. The first-order valence-electron chi connectivity index (χ1n) is 26.1. The fraction of sp³-hybridized carbons (Fsp3) is 0.673. The number of ether oxygens (including phenoxy) is 6. The van der Waals surface area contributed by atoms with Crippen LogP contribution in [0.15, 0.2) is 60.8 Å². The molecule has 4 heterocycles. The number of aliphatic hydroxyl groups is 5. The quantitative estimate of drug-likeness (QED) is 0.0228. The molecule has 1 amide bonds. The molecule has 0 aliphatic carbocycles. The van der Waals surface area contributed by atoms with Crippen LogP contribution in [0.5, 0.6) is 0 Å². The standard InChI is InChI=1S/C52H77N5O17/c1-4-5-6-10-15-39(49(64)65)71-47-44(61)40(31-58)72-52(48(47)74-50(66)35-13-8-7-9-14-35)69-32-41(73-51-46(63)45(62)43(60)34(3)70-51)33(2)16-19-42(59)53-21-11-22-54-26-28-55(29-27-54)23-12-24-56-25-20-36-30-37(57(67)68)17-18-38(36)56/h7-9,13-14,17-18,20,25,30,33-34,39-41,43-48,51-52,58,60-63H,4-6,10-12,15-16,19,21-24,26-29,31-32H2,1-3H3,(H,53,59)(H,64,65)/t33?,34?,39-,40?,41?,43+,44-,45?,46?,47?,48?,51-,52+/m0/s1. The van der Waals surface area contributed by atoms with Crippen LogP contribution in [-0.2, 0) is 44.6 Å². The molecule has 3 saturated heterocycles. The molecule has 74 heavy (non-hydrogen) atoms. The minimum Gasteiger partial charge on any atom is -0.479 e. The first-order chi connectivity index (χ1) is 35.6. The molecule has 22 nitrogen and oxygen atoms in total. The van der Waals surface area contributed by atoms with Crippen LogP contribution in [-0.4, -0.2) is 200 Å². The van der Waals surface area contributed by atoms with Gasteiger partial charge in [0.2, 0.25) is 5.91 Å². The number of benzene rings is 2. The van der Waals surface area contributed by atoms with Gasteiger partial charge >= 0.3 is 11.9 Å². The fourth-order valence-electron chi connectivity index (χ4n) is 9.60. The van der Waals surface area contributed by atoms with E-state index in [2.05, 4.69) is 19.7 Å². The Kier molecular flexibility index (Phi) is 23.0. The number of nitro benzene ring substituents is 1. The number of nitro groups is 1. The van der Waals surface area contributed by atoms with Crippen molar-refractivity contribution in [2.75, 3.05) is 59.0 Å². The highest BCUT2D eigenvalue weighted by Gasteiger charge is 2.51. The van der Waals surface area contributed by atoms with E-state index >= 15 is 0 Å². The highest BCUT2D eigenvalue weighted by atomic mass is 16.7. The third-order valence-electron chi connectivity index (χ3n) is 14.2. The second kappa shape index (κ2) is 29.0. The number of esters is 1. The number of hydrogen-bond acceptors (Lipinski definition) is 18. The molecule has 3 aliphatic rings. The number of aliphatic carboxylic acids is 1. The van der Waals surface area contributed by atoms with Crippen LogP contribution in [0.2, 0.25) is 0 Å². The lowest BCUT2D eigenvalue weighted by Crippen LogP contribution is -2.62. The number of carboxylic acid groups (broad SMARTS) is 1. The van der Waals surface area contributed by atoms with Crippen LogP contribution in [0, 0.1) is 16.0 Å².